The van der Waals surface area contributed by atoms with Crippen molar-refractivity contribution in [3.8, 4) is 0 Å². The maximum absolute atomic E-state index is 12.1. The molecule has 0 atom stereocenters. The minimum atomic E-state index is -0.123. The van der Waals surface area contributed by atoms with E-state index >= 15 is 0 Å². The van der Waals surface area contributed by atoms with Gasteiger partial charge in [0.1, 0.15) is 0 Å². The van der Waals surface area contributed by atoms with Gasteiger partial charge in [-0.2, -0.15) is 0 Å². The summed E-state index contributed by atoms with van der Waals surface area (Å²) in [4.78, 5) is 19.3. The van der Waals surface area contributed by atoms with Crippen molar-refractivity contribution in [2.45, 2.75) is 6.92 Å². The van der Waals surface area contributed by atoms with Crippen LogP contribution in [0.5, 0.6) is 0 Å². The van der Waals surface area contributed by atoms with Gasteiger partial charge in [-0.3, -0.25) is 9.78 Å². The first kappa shape index (κ1) is 11.5. The number of benzene rings is 1. The van der Waals surface area contributed by atoms with Crippen LogP contribution >= 0.6 is 0 Å². The summed E-state index contributed by atoms with van der Waals surface area (Å²) >= 11 is 0. The van der Waals surface area contributed by atoms with Crippen LogP contribution in [0.25, 0.3) is 10.9 Å². The molecule has 2 N–H and O–H groups in total. The molecule has 0 fully saturated rings. The molecule has 0 saturated heterocycles. The lowest BCUT2D eigenvalue weighted by molar-refractivity contribution is 0.102. The quantitative estimate of drug-likeness (QED) is 0.735. The van der Waals surface area contributed by atoms with Gasteiger partial charge in [0.05, 0.1) is 0 Å². The molecule has 0 radical (unpaired) electrons. The Hall–Kier alpha value is -2.62. The second kappa shape index (κ2) is 4.57. The highest BCUT2D eigenvalue weighted by Crippen LogP contribution is 2.16. The van der Waals surface area contributed by atoms with Crippen LogP contribution in [0.2, 0.25) is 0 Å². The summed E-state index contributed by atoms with van der Waals surface area (Å²) in [5, 5.41) is 3.96. The Bertz CT molecular complexity index is 746. The number of hydrogen-bond acceptors (Lipinski definition) is 2. The number of aromatic amines is 1. The van der Waals surface area contributed by atoms with E-state index in [0.29, 0.717) is 5.56 Å². The second-order valence-electron chi connectivity index (χ2n) is 4.42. The Labute approximate surface area is 110 Å². The van der Waals surface area contributed by atoms with E-state index in [-0.39, 0.29) is 5.91 Å². The third-order valence-corrected chi connectivity index (χ3v) is 2.97. The van der Waals surface area contributed by atoms with Crippen LogP contribution in [-0.4, -0.2) is 15.9 Å². The van der Waals surface area contributed by atoms with E-state index in [4.69, 9.17) is 0 Å². The molecule has 0 saturated carbocycles. The van der Waals surface area contributed by atoms with Crippen LogP contribution in [0.1, 0.15) is 16.1 Å². The van der Waals surface area contributed by atoms with Crippen molar-refractivity contribution in [3.05, 3.63) is 60.0 Å². The van der Waals surface area contributed by atoms with E-state index in [2.05, 4.69) is 15.3 Å². The summed E-state index contributed by atoms with van der Waals surface area (Å²) in [7, 11) is 0. The molecule has 19 heavy (non-hydrogen) atoms. The highest BCUT2D eigenvalue weighted by molar-refractivity contribution is 6.06. The number of aryl methyl sites for hydroxylation is 1. The van der Waals surface area contributed by atoms with Crippen molar-refractivity contribution in [3.63, 3.8) is 0 Å². The number of aromatic nitrogens is 2. The summed E-state index contributed by atoms with van der Waals surface area (Å²) in [6.45, 7) is 1.89. The summed E-state index contributed by atoms with van der Waals surface area (Å²) in [5.74, 6) is -0.123. The number of rotatable bonds is 2. The zero-order valence-corrected chi connectivity index (χ0v) is 10.5. The maximum atomic E-state index is 12.1. The van der Waals surface area contributed by atoms with Gasteiger partial charge in [0, 0.05) is 34.9 Å². The van der Waals surface area contributed by atoms with Gasteiger partial charge >= 0.3 is 0 Å². The number of hydrogen-bond donors (Lipinski definition) is 2. The van der Waals surface area contributed by atoms with Crippen LogP contribution in [0.4, 0.5) is 5.69 Å². The molecule has 2 aromatic heterocycles. The molecule has 4 nitrogen and oxygen atoms in total. The standard InChI is InChI=1S/C15H13N3O/c1-10-8-13(5-7-16-10)18-15(19)12-3-2-11-4-6-17-14(11)9-12/h2-9,17H,1H3,(H,16,18,19). The number of pyridine rings is 1. The summed E-state index contributed by atoms with van der Waals surface area (Å²) < 4.78 is 0. The highest BCUT2D eigenvalue weighted by Gasteiger charge is 2.07. The molecule has 1 aromatic carbocycles. The molecule has 4 heteroatoms. The number of fused-ring (bicyclic) bond motifs is 1. The van der Waals surface area contributed by atoms with Crippen LogP contribution in [0.3, 0.4) is 0 Å². The third-order valence-electron chi connectivity index (χ3n) is 2.97. The first-order chi connectivity index (χ1) is 9.22. The molecule has 2 heterocycles. The van der Waals surface area contributed by atoms with E-state index in [1.807, 2.05) is 43.5 Å². The lowest BCUT2D eigenvalue weighted by Crippen LogP contribution is -2.11. The molecule has 0 aliphatic heterocycles. The molecule has 3 rings (SSSR count). The molecule has 0 spiro atoms. The van der Waals surface area contributed by atoms with E-state index in [1.54, 1.807) is 12.3 Å². The maximum Gasteiger partial charge on any atom is 0.255 e. The molecule has 0 unspecified atom stereocenters. The van der Waals surface area contributed by atoms with Crippen LogP contribution in [-0.2, 0) is 0 Å². The number of carbonyl (C=O) groups is 1. The number of anilines is 1. The fourth-order valence-electron chi connectivity index (χ4n) is 2.02. The SMILES string of the molecule is Cc1cc(NC(=O)c2ccc3cc[nH]c3c2)ccn1. The van der Waals surface area contributed by atoms with Gasteiger partial charge in [0.2, 0.25) is 0 Å². The lowest BCUT2D eigenvalue weighted by atomic mass is 10.1. The van der Waals surface area contributed by atoms with Crippen LogP contribution < -0.4 is 5.32 Å². The van der Waals surface area contributed by atoms with Crippen molar-refractivity contribution in [1.82, 2.24) is 9.97 Å². The molecule has 3 aromatic rings. The van der Waals surface area contributed by atoms with Crippen molar-refractivity contribution in [1.29, 1.82) is 0 Å². The summed E-state index contributed by atoms with van der Waals surface area (Å²) in [6.07, 6.45) is 3.54. The van der Waals surface area contributed by atoms with E-state index in [9.17, 15) is 4.79 Å². The van der Waals surface area contributed by atoms with E-state index < -0.39 is 0 Å². The van der Waals surface area contributed by atoms with Gasteiger partial charge < -0.3 is 10.3 Å². The van der Waals surface area contributed by atoms with Gasteiger partial charge in [-0.25, -0.2) is 0 Å². The number of amides is 1. The van der Waals surface area contributed by atoms with Gasteiger partial charge in [0.15, 0.2) is 0 Å². The summed E-state index contributed by atoms with van der Waals surface area (Å²) in [5.41, 5.74) is 3.21. The molecule has 0 bridgehead atoms. The molecular formula is C15H13N3O. The van der Waals surface area contributed by atoms with Crippen molar-refractivity contribution >= 4 is 22.5 Å². The minimum Gasteiger partial charge on any atom is -0.361 e. The first-order valence-electron chi connectivity index (χ1n) is 6.03. The second-order valence-corrected chi connectivity index (χ2v) is 4.42. The normalized spacial score (nSPS) is 10.6. The molecule has 0 aliphatic rings. The smallest absolute Gasteiger partial charge is 0.255 e. The number of nitrogens with zero attached hydrogens (tertiary/aromatic N) is 1. The average Bonchev–Trinajstić information content (AvgIpc) is 2.85. The fraction of sp³-hybridized carbons (Fsp3) is 0.0667. The van der Waals surface area contributed by atoms with Gasteiger partial charge in [-0.1, -0.05) is 6.07 Å². The lowest BCUT2D eigenvalue weighted by Gasteiger charge is -2.05. The average molecular weight is 251 g/mol. The van der Waals surface area contributed by atoms with Crippen molar-refractivity contribution in [2.24, 2.45) is 0 Å². The van der Waals surface area contributed by atoms with Crippen LogP contribution in [0.15, 0.2) is 48.8 Å². The van der Waals surface area contributed by atoms with Crippen molar-refractivity contribution in [2.75, 3.05) is 5.32 Å². The Morgan fingerprint density at radius 1 is 1.21 bits per heavy atom. The third kappa shape index (κ3) is 2.33. The summed E-state index contributed by atoms with van der Waals surface area (Å²) in [6, 6.07) is 11.2. The number of nitrogens with one attached hydrogen (secondary N) is 2. The zero-order valence-electron chi connectivity index (χ0n) is 10.5. The Morgan fingerprint density at radius 3 is 2.95 bits per heavy atom. The predicted octanol–water partition coefficient (Wildman–Crippen LogP) is 3.12. The Kier molecular flexibility index (Phi) is 2.76. The van der Waals surface area contributed by atoms with E-state index in [0.717, 1.165) is 22.3 Å². The van der Waals surface area contributed by atoms with Gasteiger partial charge in [-0.15, -0.1) is 0 Å². The highest BCUT2D eigenvalue weighted by atomic mass is 16.1. The van der Waals surface area contributed by atoms with Crippen LogP contribution in [0, 0.1) is 6.92 Å². The Balaban J connectivity index is 1.87. The van der Waals surface area contributed by atoms with Gasteiger partial charge in [0.25, 0.3) is 5.91 Å². The zero-order chi connectivity index (χ0) is 13.2. The van der Waals surface area contributed by atoms with Crippen molar-refractivity contribution < 1.29 is 4.79 Å². The molecule has 0 aliphatic carbocycles. The molecule has 1 amide bonds. The topological polar surface area (TPSA) is 57.8 Å². The largest absolute Gasteiger partial charge is 0.361 e. The monoisotopic (exact) mass is 251 g/mol. The van der Waals surface area contributed by atoms with E-state index in [1.165, 1.54) is 0 Å². The minimum absolute atomic E-state index is 0.123. The first-order valence-corrected chi connectivity index (χ1v) is 6.03. The molecular weight excluding hydrogens is 238 g/mol. The predicted molar refractivity (Wildman–Crippen MR) is 75.2 cm³/mol. The van der Waals surface area contributed by atoms with Gasteiger partial charge in [-0.05, 0) is 42.6 Å². The Morgan fingerprint density at radius 2 is 2.11 bits per heavy atom. The number of H-pyrrole nitrogens is 1. The number of carbonyl (C=O) groups excluding carboxylic acids is 1. The molecule has 94 valence electrons. The fourth-order valence-corrected chi connectivity index (χ4v) is 2.02.